The number of hydrogen-bond donors (Lipinski definition) is 12. The van der Waals surface area contributed by atoms with Crippen molar-refractivity contribution >= 4 is 11.9 Å². The molecule has 3 heterocycles. The van der Waals surface area contributed by atoms with Crippen LogP contribution in [0.15, 0.2) is 85.1 Å². The summed E-state index contributed by atoms with van der Waals surface area (Å²) in [5.74, 6) is -5.15. The SMILES string of the molecule is COCCNC(=O)C1[C@@H]2CC(O[C@@H]3OC[C@@H](O)[C@H](N)[C@@H]3O)/C=C/C=C/C=C/C=C/C=C/C=C/C=C/[C@H](C)[C@@H](O)C[C@H](C)OC(=O)CC(O)CC(O)CC[C@@H](O)[C@H](O)CC(O)CC(O)(C[C@@H]1O)O2. The lowest BCUT2D eigenvalue weighted by Gasteiger charge is -2.45. The van der Waals surface area contributed by atoms with E-state index >= 15 is 0 Å². The van der Waals surface area contributed by atoms with Gasteiger partial charge in [-0.3, -0.25) is 9.59 Å². The fraction of sp³-hybridized carbons (Fsp3) is 0.667. The molecule has 2 fully saturated rings. The van der Waals surface area contributed by atoms with Gasteiger partial charge in [0.2, 0.25) is 5.91 Å². The van der Waals surface area contributed by atoms with E-state index in [1.807, 2.05) is 37.3 Å². The number of allylic oxidation sites excluding steroid dienone is 12. The minimum atomic E-state index is -2.27. The number of fused-ring (bicyclic) bond motifs is 2. The number of nitrogens with one attached hydrogen (secondary N) is 1. The molecular weight excluding hydrogens is 877 g/mol. The molecule has 19 nitrogen and oxygen atoms in total. The summed E-state index contributed by atoms with van der Waals surface area (Å²) in [5.41, 5.74) is 6.00. The largest absolute Gasteiger partial charge is 0.462 e. The number of rotatable bonds is 6. The first-order valence-electron chi connectivity index (χ1n) is 23.0. The van der Waals surface area contributed by atoms with Crippen LogP contribution in [-0.2, 0) is 33.3 Å². The van der Waals surface area contributed by atoms with E-state index in [2.05, 4.69) is 5.32 Å². The predicted octanol–water partition coefficient (Wildman–Crippen LogP) is -0.245. The van der Waals surface area contributed by atoms with Gasteiger partial charge in [-0.25, -0.2) is 0 Å². The van der Waals surface area contributed by atoms with Crippen molar-refractivity contribution in [1.29, 1.82) is 0 Å². The second-order valence-corrected chi connectivity index (χ2v) is 17.6. The highest BCUT2D eigenvalue weighted by molar-refractivity contribution is 5.80. The van der Waals surface area contributed by atoms with E-state index in [4.69, 9.17) is 29.4 Å². The number of carbonyl (C=O) groups excluding carboxylic acids is 2. The summed E-state index contributed by atoms with van der Waals surface area (Å²) in [7, 11) is 1.45. The highest BCUT2D eigenvalue weighted by Gasteiger charge is 2.50. The van der Waals surface area contributed by atoms with Gasteiger partial charge in [0, 0.05) is 51.7 Å². The number of aliphatic hydroxyl groups excluding tert-OH is 9. The van der Waals surface area contributed by atoms with Crippen molar-refractivity contribution in [3.8, 4) is 0 Å². The molecule has 2 bridgehead atoms. The third-order valence-corrected chi connectivity index (χ3v) is 11.7. The van der Waals surface area contributed by atoms with Crippen molar-refractivity contribution in [3.63, 3.8) is 0 Å². The number of amides is 1. The van der Waals surface area contributed by atoms with Gasteiger partial charge in [0.1, 0.15) is 12.2 Å². The summed E-state index contributed by atoms with van der Waals surface area (Å²) >= 11 is 0. The zero-order valence-electron chi connectivity index (χ0n) is 38.7. The average Bonchev–Trinajstić information content (AvgIpc) is 3.24. The van der Waals surface area contributed by atoms with Crippen LogP contribution in [0.1, 0.15) is 71.6 Å². The van der Waals surface area contributed by atoms with E-state index in [-0.39, 0.29) is 57.8 Å². The molecule has 0 saturated carbocycles. The van der Waals surface area contributed by atoms with Gasteiger partial charge in [-0.15, -0.1) is 0 Å². The Kier molecular flexibility index (Phi) is 26.1. The molecule has 6 unspecified atom stereocenters. The Morgan fingerprint density at radius 2 is 1.34 bits per heavy atom. The number of cyclic esters (lactones) is 1. The van der Waals surface area contributed by atoms with E-state index in [0.29, 0.717) is 0 Å². The van der Waals surface area contributed by atoms with Gasteiger partial charge in [-0.1, -0.05) is 92.0 Å². The molecule has 3 aliphatic heterocycles. The van der Waals surface area contributed by atoms with Crippen molar-refractivity contribution in [2.75, 3.05) is 26.9 Å². The standard InChI is InChI=1S/C48H76N2O17/c1-30-16-14-12-10-8-6-4-5-7-9-11-13-15-17-35(66-47-45(60)44(49)40(58)29-64-47)26-41-43(46(61)50-20-21-63-3)39(57)28-48(62,67-41)27-34(53)24-38(56)36(54)19-18-32(51)23-33(52)25-42(59)65-31(2)22-37(30)55/h4-17,30-41,43-45,47,51-58,60,62H,18-29,49H2,1-3H3,(H,50,61)/b5-4+,8-6+,9-7+,12-10+,13-11+,16-14+,17-15+/t30-,31-,32?,33?,34?,35?,36+,37-,38+,39-,40+,41-,43?,44-,45-,47-,48?/m0/s1. The molecule has 3 aliphatic rings. The first kappa shape index (κ1) is 57.8. The third kappa shape index (κ3) is 21.4. The molecule has 0 aliphatic carbocycles. The van der Waals surface area contributed by atoms with E-state index in [0.717, 1.165) is 0 Å². The van der Waals surface area contributed by atoms with Crippen molar-refractivity contribution in [2.24, 2.45) is 17.6 Å². The summed E-state index contributed by atoms with van der Waals surface area (Å²) in [4.78, 5) is 26.1. The van der Waals surface area contributed by atoms with Crippen LogP contribution in [-0.4, -0.2) is 181 Å². The Labute approximate surface area is 393 Å². The molecule has 0 aromatic rings. The van der Waals surface area contributed by atoms with Crippen LogP contribution in [0.4, 0.5) is 0 Å². The lowest BCUT2D eigenvalue weighted by atomic mass is 9.82. The summed E-state index contributed by atoms with van der Waals surface area (Å²) in [6.07, 6.45) is 5.81. The van der Waals surface area contributed by atoms with Gasteiger partial charge in [0.15, 0.2) is 12.1 Å². The number of carbonyl (C=O) groups is 2. The normalized spacial score (nSPS) is 42.2. The molecule has 17 atom stereocenters. The molecule has 0 spiro atoms. The zero-order valence-corrected chi connectivity index (χ0v) is 38.7. The van der Waals surface area contributed by atoms with Crippen LogP contribution in [0.25, 0.3) is 0 Å². The second-order valence-electron chi connectivity index (χ2n) is 17.6. The van der Waals surface area contributed by atoms with Crippen LogP contribution < -0.4 is 11.1 Å². The zero-order chi connectivity index (χ0) is 49.5. The Morgan fingerprint density at radius 3 is 1.97 bits per heavy atom. The van der Waals surface area contributed by atoms with E-state index in [9.17, 15) is 60.7 Å². The van der Waals surface area contributed by atoms with E-state index in [1.165, 1.54) is 7.11 Å². The van der Waals surface area contributed by atoms with E-state index < -0.39 is 135 Å². The maximum Gasteiger partial charge on any atom is 0.308 e. The smallest absolute Gasteiger partial charge is 0.308 e. The second kappa shape index (κ2) is 30.2. The first-order chi connectivity index (χ1) is 31.8. The predicted molar refractivity (Wildman–Crippen MR) is 245 cm³/mol. The van der Waals surface area contributed by atoms with Crippen molar-refractivity contribution in [1.82, 2.24) is 5.32 Å². The summed E-state index contributed by atoms with van der Waals surface area (Å²) in [5, 5.41) is 111. The molecule has 13 N–H and O–H groups in total. The minimum Gasteiger partial charge on any atom is -0.462 e. The monoisotopic (exact) mass is 953 g/mol. The molecule has 3 rings (SSSR count). The Balaban J connectivity index is 1.89. The van der Waals surface area contributed by atoms with Gasteiger partial charge < -0.3 is 85.8 Å². The van der Waals surface area contributed by atoms with Gasteiger partial charge >= 0.3 is 5.97 Å². The Bertz CT molecular complexity index is 1670. The molecule has 0 aromatic heterocycles. The quantitative estimate of drug-likeness (QED) is 0.121. The summed E-state index contributed by atoms with van der Waals surface area (Å²) in [6.45, 7) is 3.46. The molecule has 1 amide bonds. The Morgan fingerprint density at radius 1 is 0.731 bits per heavy atom. The third-order valence-electron chi connectivity index (χ3n) is 11.7. The van der Waals surface area contributed by atoms with Crippen molar-refractivity contribution < 1.29 is 84.3 Å². The van der Waals surface area contributed by atoms with Crippen LogP contribution in [0, 0.1) is 11.8 Å². The minimum absolute atomic E-state index is 0.0898. The fourth-order valence-corrected chi connectivity index (χ4v) is 7.90. The van der Waals surface area contributed by atoms with Gasteiger partial charge in [-0.2, -0.15) is 0 Å². The molecular formula is C48H76N2O17. The van der Waals surface area contributed by atoms with Crippen LogP contribution in [0.5, 0.6) is 0 Å². The van der Waals surface area contributed by atoms with Crippen LogP contribution in [0.3, 0.4) is 0 Å². The lowest BCUT2D eigenvalue weighted by Crippen LogP contribution is -2.59. The number of nitrogens with two attached hydrogens (primary N) is 1. The summed E-state index contributed by atoms with van der Waals surface area (Å²) in [6, 6.07) is -1.11. The topological polar surface area (TPSA) is 321 Å². The van der Waals surface area contributed by atoms with Crippen LogP contribution in [0.2, 0.25) is 0 Å². The molecule has 380 valence electrons. The van der Waals surface area contributed by atoms with E-state index in [1.54, 1.807) is 61.6 Å². The maximum absolute atomic E-state index is 13.6. The Hall–Kier alpha value is -3.48. The van der Waals surface area contributed by atoms with Gasteiger partial charge in [0.25, 0.3) is 0 Å². The number of methoxy groups -OCH3 is 1. The number of ether oxygens (including phenoxy) is 5. The first-order valence-corrected chi connectivity index (χ1v) is 23.0. The molecule has 19 heteroatoms. The van der Waals surface area contributed by atoms with Crippen LogP contribution >= 0.6 is 0 Å². The number of esters is 1. The lowest BCUT2D eigenvalue weighted by molar-refractivity contribution is -0.304. The van der Waals surface area contributed by atoms with Gasteiger partial charge in [0.05, 0.1) is 92.6 Å². The highest BCUT2D eigenvalue weighted by Crippen LogP contribution is 2.38. The highest BCUT2D eigenvalue weighted by atomic mass is 16.7. The van der Waals surface area contributed by atoms with Gasteiger partial charge in [-0.05, 0) is 26.2 Å². The fourth-order valence-electron chi connectivity index (χ4n) is 7.90. The molecule has 0 radical (unpaired) electrons. The molecule has 0 aromatic carbocycles. The number of hydrogen-bond acceptors (Lipinski definition) is 18. The average molecular weight is 953 g/mol. The number of aliphatic hydroxyl groups is 10. The van der Waals surface area contributed by atoms with Crippen molar-refractivity contribution in [3.05, 3.63) is 85.1 Å². The maximum atomic E-state index is 13.6. The molecule has 2 saturated heterocycles. The summed E-state index contributed by atoms with van der Waals surface area (Å²) < 4.78 is 28.3. The molecule has 67 heavy (non-hydrogen) atoms. The van der Waals surface area contributed by atoms with Crippen molar-refractivity contribution in [2.45, 2.75) is 163 Å².